The van der Waals surface area contributed by atoms with Crippen molar-refractivity contribution < 1.29 is 14.7 Å². The van der Waals surface area contributed by atoms with Gasteiger partial charge in [0.15, 0.2) is 0 Å². The fourth-order valence-electron chi connectivity index (χ4n) is 1.91. The van der Waals surface area contributed by atoms with Crippen LogP contribution in [0.25, 0.3) is 0 Å². The molecule has 3 N–H and O–H groups in total. The zero-order valence-electron chi connectivity index (χ0n) is 13.7. The van der Waals surface area contributed by atoms with E-state index >= 15 is 0 Å². The van der Waals surface area contributed by atoms with Crippen LogP contribution in [0, 0.1) is 5.92 Å². The molecule has 5 heteroatoms. The molecule has 0 bridgehead atoms. The number of anilines is 1. The van der Waals surface area contributed by atoms with Crippen molar-refractivity contribution in [2.45, 2.75) is 46.1 Å². The second-order valence-corrected chi connectivity index (χ2v) is 6.09. The Hall–Kier alpha value is -1.88. The minimum Gasteiger partial charge on any atom is -0.393 e. The molecule has 5 nitrogen and oxygen atoms in total. The molecule has 0 heterocycles. The summed E-state index contributed by atoms with van der Waals surface area (Å²) in [6.45, 7) is 8.21. The molecule has 122 valence electrons. The summed E-state index contributed by atoms with van der Waals surface area (Å²) in [4.78, 5) is 23.5. The standard InChI is InChI=1S/C17H26N2O3/c1-11(2)13-6-5-7-14(10-13)19-17(22)16(21)18-9-8-15(20)12(3)4/h5-7,10-12,15,20H,8-9H2,1-4H3,(H,18,21)(H,19,22). The normalized spacial score (nSPS) is 12.3. The van der Waals surface area contributed by atoms with Crippen LogP contribution in [0.5, 0.6) is 0 Å². The van der Waals surface area contributed by atoms with Crippen LogP contribution >= 0.6 is 0 Å². The lowest BCUT2D eigenvalue weighted by Gasteiger charge is -2.14. The molecule has 1 unspecified atom stereocenters. The summed E-state index contributed by atoms with van der Waals surface area (Å²) < 4.78 is 0. The highest BCUT2D eigenvalue weighted by atomic mass is 16.3. The van der Waals surface area contributed by atoms with E-state index < -0.39 is 17.9 Å². The van der Waals surface area contributed by atoms with Crippen molar-refractivity contribution in [2.75, 3.05) is 11.9 Å². The number of aliphatic hydroxyl groups excluding tert-OH is 1. The van der Waals surface area contributed by atoms with E-state index in [1.807, 2.05) is 32.0 Å². The van der Waals surface area contributed by atoms with E-state index in [-0.39, 0.29) is 12.5 Å². The Morgan fingerprint density at radius 1 is 1.14 bits per heavy atom. The molecule has 0 aliphatic heterocycles. The topological polar surface area (TPSA) is 78.4 Å². The summed E-state index contributed by atoms with van der Waals surface area (Å²) in [6, 6.07) is 7.44. The third-order valence-electron chi connectivity index (χ3n) is 3.51. The molecular weight excluding hydrogens is 280 g/mol. The van der Waals surface area contributed by atoms with Crippen molar-refractivity contribution in [2.24, 2.45) is 5.92 Å². The lowest BCUT2D eigenvalue weighted by atomic mass is 10.0. The number of benzene rings is 1. The molecule has 0 aromatic heterocycles. The maximum atomic E-state index is 11.8. The lowest BCUT2D eigenvalue weighted by Crippen LogP contribution is -2.37. The summed E-state index contributed by atoms with van der Waals surface area (Å²) >= 11 is 0. The van der Waals surface area contributed by atoms with Gasteiger partial charge in [-0.2, -0.15) is 0 Å². The average molecular weight is 306 g/mol. The summed E-state index contributed by atoms with van der Waals surface area (Å²) in [5.74, 6) is -0.904. The van der Waals surface area contributed by atoms with Gasteiger partial charge in [-0.3, -0.25) is 9.59 Å². The van der Waals surface area contributed by atoms with Crippen molar-refractivity contribution in [3.63, 3.8) is 0 Å². The Morgan fingerprint density at radius 2 is 1.82 bits per heavy atom. The third-order valence-corrected chi connectivity index (χ3v) is 3.51. The third kappa shape index (κ3) is 5.85. The first-order chi connectivity index (χ1) is 10.3. The molecule has 0 aliphatic rings. The van der Waals surface area contributed by atoms with Crippen molar-refractivity contribution in [3.8, 4) is 0 Å². The predicted octanol–water partition coefficient (Wildman–Crippen LogP) is 2.27. The van der Waals surface area contributed by atoms with Crippen LogP contribution in [0.1, 0.15) is 45.6 Å². The SMILES string of the molecule is CC(C)c1cccc(NC(=O)C(=O)NCCC(O)C(C)C)c1. The molecule has 0 saturated carbocycles. The molecular formula is C17H26N2O3. The van der Waals surface area contributed by atoms with Gasteiger partial charge in [-0.25, -0.2) is 0 Å². The van der Waals surface area contributed by atoms with Gasteiger partial charge < -0.3 is 15.7 Å². The van der Waals surface area contributed by atoms with Crippen LogP contribution in [-0.4, -0.2) is 29.6 Å². The van der Waals surface area contributed by atoms with Crippen LogP contribution < -0.4 is 10.6 Å². The second kappa shape index (κ2) is 8.54. The van der Waals surface area contributed by atoms with Gasteiger partial charge in [-0.1, -0.05) is 39.8 Å². The van der Waals surface area contributed by atoms with Crippen LogP contribution in [0.4, 0.5) is 5.69 Å². The van der Waals surface area contributed by atoms with Crippen molar-refractivity contribution >= 4 is 17.5 Å². The maximum absolute atomic E-state index is 11.8. The Bertz CT molecular complexity index is 512. The molecule has 2 amide bonds. The predicted molar refractivity (Wildman–Crippen MR) is 87.6 cm³/mol. The van der Waals surface area contributed by atoms with Gasteiger partial charge in [0.25, 0.3) is 0 Å². The molecule has 1 rings (SSSR count). The summed E-state index contributed by atoms with van der Waals surface area (Å²) in [5, 5.41) is 14.7. The van der Waals surface area contributed by atoms with Crippen LogP contribution in [0.15, 0.2) is 24.3 Å². The molecule has 1 aromatic carbocycles. The van der Waals surface area contributed by atoms with Gasteiger partial charge in [-0.05, 0) is 36.0 Å². The number of hydrogen-bond acceptors (Lipinski definition) is 3. The van der Waals surface area contributed by atoms with Gasteiger partial charge in [0.1, 0.15) is 0 Å². The largest absolute Gasteiger partial charge is 0.393 e. The minimum absolute atomic E-state index is 0.129. The van der Waals surface area contributed by atoms with E-state index in [4.69, 9.17) is 0 Å². The van der Waals surface area contributed by atoms with Gasteiger partial charge >= 0.3 is 11.8 Å². The number of rotatable bonds is 6. The Morgan fingerprint density at radius 3 is 2.41 bits per heavy atom. The number of amides is 2. The molecule has 0 aliphatic carbocycles. The second-order valence-electron chi connectivity index (χ2n) is 6.09. The van der Waals surface area contributed by atoms with Gasteiger partial charge in [0.2, 0.25) is 0 Å². The van der Waals surface area contributed by atoms with Crippen molar-refractivity contribution in [1.82, 2.24) is 5.32 Å². The fraction of sp³-hybridized carbons (Fsp3) is 0.529. The van der Waals surface area contributed by atoms with E-state index in [1.165, 1.54) is 0 Å². The van der Waals surface area contributed by atoms with Crippen LogP contribution in [0.2, 0.25) is 0 Å². The molecule has 0 fully saturated rings. The van der Waals surface area contributed by atoms with Crippen LogP contribution in [0.3, 0.4) is 0 Å². The molecule has 1 aromatic rings. The van der Waals surface area contributed by atoms with E-state index in [0.717, 1.165) is 5.56 Å². The number of carbonyl (C=O) groups is 2. The quantitative estimate of drug-likeness (QED) is 0.705. The molecule has 0 radical (unpaired) electrons. The minimum atomic E-state index is -0.694. The molecule has 0 spiro atoms. The summed E-state index contributed by atoms with van der Waals surface area (Å²) in [5.41, 5.74) is 1.70. The Kier molecular flexibility index (Phi) is 7.05. The first kappa shape index (κ1) is 18.2. The fourth-order valence-corrected chi connectivity index (χ4v) is 1.91. The number of aliphatic hydroxyl groups is 1. The van der Waals surface area contributed by atoms with Crippen molar-refractivity contribution in [3.05, 3.63) is 29.8 Å². The van der Waals surface area contributed by atoms with E-state index in [9.17, 15) is 14.7 Å². The number of hydrogen-bond donors (Lipinski definition) is 3. The molecule has 22 heavy (non-hydrogen) atoms. The van der Waals surface area contributed by atoms with E-state index in [0.29, 0.717) is 18.0 Å². The number of nitrogens with one attached hydrogen (secondary N) is 2. The van der Waals surface area contributed by atoms with Gasteiger partial charge in [-0.15, -0.1) is 0 Å². The lowest BCUT2D eigenvalue weighted by molar-refractivity contribution is -0.136. The Labute approximate surface area is 132 Å². The average Bonchev–Trinajstić information content (AvgIpc) is 2.46. The summed E-state index contributed by atoms with van der Waals surface area (Å²) in [6.07, 6.45) is -0.0504. The zero-order valence-corrected chi connectivity index (χ0v) is 13.7. The summed E-state index contributed by atoms with van der Waals surface area (Å²) in [7, 11) is 0. The number of carbonyl (C=O) groups excluding carboxylic acids is 2. The first-order valence-corrected chi connectivity index (χ1v) is 7.68. The monoisotopic (exact) mass is 306 g/mol. The first-order valence-electron chi connectivity index (χ1n) is 7.68. The van der Waals surface area contributed by atoms with Crippen molar-refractivity contribution in [1.29, 1.82) is 0 Å². The van der Waals surface area contributed by atoms with E-state index in [2.05, 4.69) is 24.5 Å². The van der Waals surface area contributed by atoms with Gasteiger partial charge in [0, 0.05) is 12.2 Å². The Balaban J connectivity index is 2.47. The highest BCUT2D eigenvalue weighted by Crippen LogP contribution is 2.18. The van der Waals surface area contributed by atoms with Crippen LogP contribution in [-0.2, 0) is 9.59 Å². The molecule has 1 atom stereocenters. The van der Waals surface area contributed by atoms with E-state index in [1.54, 1.807) is 6.07 Å². The maximum Gasteiger partial charge on any atom is 0.313 e. The van der Waals surface area contributed by atoms with Gasteiger partial charge in [0.05, 0.1) is 6.10 Å². The highest BCUT2D eigenvalue weighted by Gasteiger charge is 2.15. The smallest absolute Gasteiger partial charge is 0.313 e. The zero-order chi connectivity index (χ0) is 16.7. The highest BCUT2D eigenvalue weighted by molar-refractivity contribution is 6.39. The molecule has 0 saturated heterocycles.